The van der Waals surface area contributed by atoms with Gasteiger partial charge in [0.25, 0.3) is 0 Å². The van der Waals surface area contributed by atoms with E-state index < -0.39 is 54.9 Å². The molecule has 3 heterocycles. The van der Waals surface area contributed by atoms with Crippen molar-refractivity contribution < 1.29 is 43.9 Å². The second-order valence-electron chi connectivity index (χ2n) is 10.2. The van der Waals surface area contributed by atoms with Crippen LogP contribution in [0.4, 0.5) is 4.79 Å². The van der Waals surface area contributed by atoms with Crippen molar-refractivity contribution in [2.75, 3.05) is 6.54 Å². The highest BCUT2D eigenvalue weighted by Crippen LogP contribution is 2.26. The molecular weight excluding hydrogens is 484 g/mol. The molecule has 0 bridgehead atoms. The monoisotopic (exact) mass is 526 g/mol. The van der Waals surface area contributed by atoms with Crippen molar-refractivity contribution in [2.24, 2.45) is 0 Å². The minimum absolute atomic E-state index is 0.147. The van der Waals surface area contributed by atoms with E-state index in [9.17, 15) is 29.7 Å². The normalized spacial score (nSPS) is 30.8. The highest BCUT2D eigenvalue weighted by molar-refractivity contribution is 5.98. The van der Waals surface area contributed by atoms with Gasteiger partial charge in [0, 0.05) is 12.6 Å². The van der Waals surface area contributed by atoms with Gasteiger partial charge in [-0.3, -0.25) is 19.8 Å². The van der Waals surface area contributed by atoms with Gasteiger partial charge in [-0.05, 0) is 26.2 Å². The average Bonchev–Trinajstić information content (AvgIpc) is 3.32. The number of rotatable bonds is 13. The molecule has 2 fully saturated rings. The highest BCUT2D eigenvalue weighted by atomic mass is 16.7. The zero-order chi connectivity index (χ0) is 26.9. The molecule has 0 aromatic heterocycles. The first-order valence-corrected chi connectivity index (χ1v) is 13.6. The summed E-state index contributed by atoms with van der Waals surface area (Å²) in [5, 5.41) is 32.9. The van der Waals surface area contributed by atoms with Gasteiger partial charge < -0.3 is 29.5 Å². The lowest BCUT2D eigenvalue weighted by Crippen LogP contribution is -2.58. The predicted molar refractivity (Wildman–Crippen MR) is 132 cm³/mol. The van der Waals surface area contributed by atoms with Crippen LogP contribution in [-0.4, -0.2) is 87.4 Å². The molecule has 7 atom stereocenters. The Morgan fingerprint density at radius 2 is 1.81 bits per heavy atom. The number of ketones is 1. The van der Waals surface area contributed by atoms with E-state index in [1.807, 2.05) is 0 Å². The molecule has 0 unspecified atom stereocenters. The van der Waals surface area contributed by atoms with Crippen LogP contribution in [-0.2, 0) is 23.8 Å². The molecule has 37 heavy (non-hydrogen) atoms. The van der Waals surface area contributed by atoms with Crippen LogP contribution in [0.1, 0.15) is 84.5 Å². The maximum atomic E-state index is 12.9. The van der Waals surface area contributed by atoms with Crippen LogP contribution in [0.2, 0.25) is 0 Å². The van der Waals surface area contributed by atoms with Crippen molar-refractivity contribution in [3.63, 3.8) is 0 Å². The summed E-state index contributed by atoms with van der Waals surface area (Å²) in [6.45, 7) is 4.15. The molecule has 3 rings (SSSR count). The largest absolute Gasteiger partial charge is 0.417 e. The third-order valence-electron chi connectivity index (χ3n) is 7.23. The molecule has 2 amide bonds. The fraction of sp³-hybridized carbons (Fsp3) is 0.808. The molecule has 4 N–H and O–H groups in total. The van der Waals surface area contributed by atoms with E-state index in [1.54, 1.807) is 6.92 Å². The fourth-order valence-electron chi connectivity index (χ4n) is 5.01. The van der Waals surface area contributed by atoms with E-state index in [0.717, 1.165) is 38.2 Å². The first kappa shape index (κ1) is 29.5. The van der Waals surface area contributed by atoms with Crippen LogP contribution in [0.3, 0.4) is 0 Å². The van der Waals surface area contributed by atoms with Gasteiger partial charge in [0.15, 0.2) is 12.1 Å². The van der Waals surface area contributed by atoms with Gasteiger partial charge >= 0.3 is 6.09 Å². The molecule has 3 aliphatic rings. The Kier molecular flexibility index (Phi) is 11.3. The van der Waals surface area contributed by atoms with Gasteiger partial charge in [0.05, 0.1) is 24.7 Å². The number of amides is 2. The van der Waals surface area contributed by atoms with E-state index in [1.165, 1.54) is 24.2 Å². The van der Waals surface area contributed by atoms with Crippen molar-refractivity contribution in [1.29, 1.82) is 0 Å². The van der Waals surface area contributed by atoms with E-state index in [2.05, 4.69) is 12.2 Å². The Morgan fingerprint density at radius 3 is 2.54 bits per heavy atom. The first-order chi connectivity index (χ1) is 17.7. The Morgan fingerprint density at radius 1 is 1.11 bits per heavy atom. The van der Waals surface area contributed by atoms with Crippen molar-refractivity contribution in [1.82, 2.24) is 10.2 Å². The van der Waals surface area contributed by atoms with Gasteiger partial charge in [-0.2, -0.15) is 0 Å². The van der Waals surface area contributed by atoms with Crippen LogP contribution in [0.5, 0.6) is 0 Å². The number of aliphatic hydroxyl groups excluding tert-OH is 3. The zero-order valence-corrected chi connectivity index (χ0v) is 21.8. The average molecular weight is 527 g/mol. The van der Waals surface area contributed by atoms with Crippen molar-refractivity contribution >= 4 is 17.8 Å². The number of nitrogens with zero attached hydrogens (tertiary/aromatic N) is 1. The molecule has 0 saturated carbocycles. The molecule has 11 nitrogen and oxygen atoms in total. The van der Waals surface area contributed by atoms with E-state index in [4.69, 9.17) is 14.2 Å². The molecule has 0 spiro atoms. The summed E-state index contributed by atoms with van der Waals surface area (Å²) in [4.78, 5) is 39.1. The maximum Gasteiger partial charge on any atom is 0.417 e. The van der Waals surface area contributed by atoms with Crippen LogP contribution in [0.25, 0.3) is 0 Å². The van der Waals surface area contributed by atoms with Gasteiger partial charge in [-0.25, -0.2) is 4.79 Å². The highest BCUT2D eigenvalue weighted by Gasteiger charge is 2.43. The SMILES string of the molecule is CCCCCCCCC[C@H](CC(=O)NC1=CC(=O)[C@H]2CCCN2C(=O)O1)O[C@@H]1O[C@@H](C)[C@H](O)[C@@H](O)[C@H]1O. The number of nitrogens with one attached hydrogen (secondary N) is 1. The number of hydrogen-bond acceptors (Lipinski definition) is 9. The van der Waals surface area contributed by atoms with Crippen LogP contribution in [0, 0.1) is 0 Å². The van der Waals surface area contributed by atoms with Gasteiger partial charge in [0.1, 0.15) is 18.3 Å². The fourth-order valence-corrected chi connectivity index (χ4v) is 5.01. The number of aliphatic hydroxyl groups is 3. The summed E-state index contributed by atoms with van der Waals surface area (Å²) < 4.78 is 16.7. The number of ether oxygens (including phenoxy) is 3. The first-order valence-electron chi connectivity index (χ1n) is 13.6. The molecule has 210 valence electrons. The van der Waals surface area contributed by atoms with Crippen LogP contribution >= 0.6 is 0 Å². The lowest BCUT2D eigenvalue weighted by atomic mass is 9.99. The summed E-state index contributed by atoms with van der Waals surface area (Å²) in [6, 6.07) is -0.566. The van der Waals surface area contributed by atoms with Crippen molar-refractivity contribution in [3.05, 3.63) is 12.0 Å². The minimum atomic E-state index is -1.48. The lowest BCUT2D eigenvalue weighted by molar-refractivity contribution is -0.304. The molecular formula is C26H42N2O9. The second-order valence-corrected chi connectivity index (χ2v) is 10.2. The number of cyclic esters (lactones) is 1. The Balaban J connectivity index is 1.59. The zero-order valence-electron chi connectivity index (χ0n) is 21.8. The van der Waals surface area contributed by atoms with Crippen LogP contribution in [0.15, 0.2) is 12.0 Å². The molecule has 0 aliphatic carbocycles. The molecule has 0 aromatic carbocycles. The summed E-state index contributed by atoms with van der Waals surface area (Å²) in [5.74, 6) is -1.04. The van der Waals surface area contributed by atoms with Crippen LogP contribution < -0.4 is 5.32 Å². The van der Waals surface area contributed by atoms with E-state index in [0.29, 0.717) is 19.4 Å². The predicted octanol–water partition coefficient (Wildman–Crippen LogP) is 1.87. The number of fused-ring (bicyclic) bond motifs is 1. The Hall–Kier alpha value is -2.05. The summed E-state index contributed by atoms with van der Waals surface area (Å²) >= 11 is 0. The topological polar surface area (TPSA) is 155 Å². The summed E-state index contributed by atoms with van der Waals surface area (Å²) in [5.41, 5.74) is 0. The van der Waals surface area contributed by atoms with Gasteiger partial charge in [0.2, 0.25) is 11.8 Å². The van der Waals surface area contributed by atoms with Gasteiger partial charge in [-0.1, -0.05) is 51.9 Å². The van der Waals surface area contributed by atoms with Crippen molar-refractivity contribution in [3.8, 4) is 0 Å². The van der Waals surface area contributed by atoms with E-state index in [-0.39, 0.29) is 18.1 Å². The number of carbonyl (C=O) groups excluding carboxylic acids is 3. The van der Waals surface area contributed by atoms with Crippen molar-refractivity contribution in [2.45, 2.75) is 127 Å². The lowest BCUT2D eigenvalue weighted by Gasteiger charge is -2.40. The minimum Gasteiger partial charge on any atom is -0.393 e. The summed E-state index contributed by atoms with van der Waals surface area (Å²) in [6.07, 6.45) is 2.73. The third-order valence-corrected chi connectivity index (χ3v) is 7.23. The van der Waals surface area contributed by atoms with Gasteiger partial charge in [-0.15, -0.1) is 0 Å². The number of unbranched alkanes of at least 4 members (excludes halogenated alkanes) is 6. The summed E-state index contributed by atoms with van der Waals surface area (Å²) in [7, 11) is 0. The number of hydrogen-bond donors (Lipinski definition) is 4. The molecule has 11 heteroatoms. The van der Waals surface area contributed by atoms with E-state index >= 15 is 0 Å². The Labute approximate surface area is 218 Å². The molecule has 2 saturated heterocycles. The standard InChI is InChI=1S/C26H42N2O9/c1-3-4-5-6-7-8-9-11-17(36-25-24(33)23(32)22(31)16(2)35-25)14-20(30)27-21-15-19(29)18-12-10-13-28(18)26(34)37-21/h15-18,22-25,31-33H,3-14H2,1-2H3,(H,27,30)/t16-,17+,18+,22-,23+,24+,25-/m0/s1. The Bertz CT molecular complexity index is 820. The molecule has 0 aromatic rings. The second kappa shape index (κ2) is 14.2. The third kappa shape index (κ3) is 8.22. The number of carbonyl (C=O) groups is 3. The molecule has 3 aliphatic heterocycles. The molecule has 0 radical (unpaired) electrons. The quantitative estimate of drug-likeness (QED) is 0.263. The smallest absolute Gasteiger partial charge is 0.393 e. The maximum absolute atomic E-state index is 12.9.